The standard InChI is InChI=1S/C33H25ClF3N3O2/c1-21-30(38-31(42)29-6-4-3-5-28(29)24-7-13-25(14-8-24)33(35,36)37)19-39(2)32(21)40(20-41)27-17-11-23(12-18-27)22-9-15-26(34)16-10-22/h3-20H,1-2H3,(H,38,42). The van der Waals surface area contributed by atoms with Gasteiger partial charge in [0, 0.05) is 29.4 Å². The Morgan fingerprint density at radius 2 is 1.43 bits per heavy atom. The number of carbonyl (C=O) groups excluding carboxylic acids is 2. The van der Waals surface area contributed by atoms with Crippen molar-refractivity contribution in [2.24, 2.45) is 7.05 Å². The molecule has 0 saturated heterocycles. The molecule has 0 fully saturated rings. The van der Waals surface area contributed by atoms with Crippen molar-refractivity contribution in [1.29, 1.82) is 0 Å². The molecule has 212 valence electrons. The van der Waals surface area contributed by atoms with E-state index < -0.39 is 17.6 Å². The molecule has 2 amide bonds. The van der Waals surface area contributed by atoms with E-state index in [9.17, 15) is 22.8 Å². The van der Waals surface area contributed by atoms with Crippen molar-refractivity contribution in [1.82, 2.24) is 4.57 Å². The lowest BCUT2D eigenvalue weighted by molar-refractivity contribution is -0.137. The van der Waals surface area contributed by atoms with Gasteiger partial charge in [-0.1, -0.05) is 66.2 Å². The van der Waals surface area contributed by atoms with Crippen molar-refractivity contribution in [3.05, 3.63) is 125 Å². The zero-order valence-corrected chi connectivity index (χ0v) is 23.4. The second kappa shape index (κ2) is 11.6. The topological polar surface area (TPSA) is 54.3 Å². The molecule has 4 aromatic carbocycles. The molecule has 5 rings (SSSR count). The van der Waals surface area contributed by atoms with Crippen molar-refractivity contribution in [3.63, 3.8) is 0 Å². The van der Waals surface area contributed by atoms with E-state index in [1.807, 2.05) is 48.5 Å². The lowest BCUT2D eigenvalue weighted by atomic mass is 9.98. The number of aryl methyl sites for hydroxylation is 1. The fourth-order valence-electron chi connectivity index (χ4n) is 4.86. The Bertz CT molecular complexity index is 1740. The second-order valence-electron chi connectivity index (χ2n) is 9.71. The Morgan fingerprint density at radius 3 is 2.02 bits per heavy atom. The smallest absolute Gasteiger partial charge is 0.335 e. The van der Waals surface area contributed by atoms with Crippen LogP contribution in [0.3, 0.4) is 0 Å². The van der Waals surface area contributed by atoms with Gasteiger partial charge in [-0.25, -0.2) is 0 Å². The quantitative estimate of drug-likeness (QED) is 0.193. The van der Waals surface area contributed by atoms with Gasteiger partial charge in [0.15, 0.2) is 0 Å². The highest BCUT2D eigenvalue weighted by atomic mass is 35.5. The summed E-state index contributed by atoms with van der Waals surface area (Å²) in [6.45, 7) is 1.80. The first-order chi connectivity index (χ1) is 20.1. The Morgan fingerprint density at radius 1 is 0.857 bits per heavy atom. The molecule has 0 aliphatic carbocycles. The van der Waals surface area contributed by atoms with E-state index in [4.69, 9.17) is 11.6 Å². The molecule has 0 aliphatic rings. The van der Waals surface area contributed by atoms with E-state index in [1.54, 1.807) is 49.0 Å². The van der Waals surface area contributed by atoms with Gasteiger partial charge in [-0.3, -0.25) is 14.5 Å². The summed E-state index contributed by atoms with van der Waals surface area (Å²) in [7, 11) is 1.77. The summed E-state index contributed by atoms with van der Waals surface area (Å²) in [6, 6.07) is 26.3. The highest BCUT2D eigenvalue weighted by molar-refractivity contribution is 6.30. The minimum absolute atomic E-state index is 0.298. The van der Waals surface area contributed by atoms with E-state index in [-0.39, 0.29) is 0 Å². The maximum Gasteiger partial charge on any atom is 0.416 e. The summed E-state index contributed by atoms with van der Waals surface area (Å²) >= 11 is 6.00. The number of aromatic nitrogens is 1. The highest BCUT2D eigenvalue weighted by Gasteiger charge is 2.30. The van der Waals surface area contributed by atoms with Crippen LogP contribution in [0.4, 0.5) is 30.4 Å². The molecule has 0 atom stereocenters. The second-order valence-corrected chi connectivity index (χ2v) is 10.1. The van der Waals surface area contributed by atoms with Gasteiger partial charge in [0.2, 0.25) is 6.41 Å². The largest absolute Gasteiger partial charge is 0.416 e. The molecule has 0 saturated carbocycles. The molecule has 1 aromatic heterocycles. The van der Waals surface area contributed by atoms with Crippen LogP contribution in [0.25, 0.3) is 22.3 Å². The van der Waals surface area contributed by atoms with Crippen molar-refractivity contribution in [2.45, 2.75) is 13.1 Å². The number of nitrogens with one attached hydrogen (secondary N) is 1. The minimum Gasteiger partial charge on any atom is -0.335 e. The lowest BCUT2D eigenvalue weighted by Crippen LogP contribution is -2.18. The Hall–Kier alpha value is -4.82. The summed E-state index contributed by atoms with van der Waals surface area (Å²) in [6.07, 6.45) is -2.03. The lowest BCUT2D eigenvalue weighted by Gasteiger charge is -2.20. The van der Waals surface area contributed by atoms with Crippen LogP contribution >= 0.6 is 11.6 Å². The maximum atomic E-state index is 13.4. The SMILES string of the molecule is Cc1c(NC(=O)c2ccccc2-c2ccc(C(F)(F)F)cc2)cn(C)c1N(C=O)c1ccc(-c2ccc(Cl)cc2)cc1. The first-order valence-electron chi connectivity index (χ1n) is 12.9. The first-order valence-corrected chi connectivity index (χ1v) is 13.3. The van der Waals surface area contributed by atoms with Crippen LogP contribution in [0.2, 0.25) is 5.02 Å². The molecule has 1 heterocycles. The monoisotopic (exact) mass is 587 g/mol. The van der Waals surface area contributed by atoms with Gasteiger partial charge >= 0.3 is 6.18 Å². The molecule has 0 bridgehead atoms. The number of amides is 2. The molecule has 1 N–H and O–H groups in total. The van der Waals surface area contributed by atoms with Crippen LogP contribution < -0.4 is 10.2 Å². The molecule has 0 aliphatic heterocycles. The van der Waals surface area contributed by atoms with E-state index >= 15 is 0 Å². The summed E-state index contributed by atoms with van der Waals surface area (Å²) in [5.74, 6) is 0.131. The van der Waals surface area contributed by atoms with Gasteiger partial charge in [-0.2, -0.15) is 13.2 Å². The average molecular weight is 588 g/mol. The number of halogens is 4. The predicted molar refractivity (Wildman–Crippen MR) is 160 cm³/mol. The van der Waals surface area contributed by atoms with Crippen molar-refractivity contribution in [2.75, 3.05) is 10.2 Å². The van der Waals surface area contributed by atoms with Gasteiger partial charge in [0.1, 0.15) is 5.82 Å². The molecule has 5 aromatic rings. The van der Waals surface area contributed by atoms with Crippen LogP contribution in [-0.4, -0.2) is 16.9 Å². The number of benzene rings is 4. The van der Waals surface area contributed by atoms with Crippen LogP contribution in [-0.2, 0) is 18.0 Å². The molecule has 0 radical (unpaired) electrons. The zero-order valence-electron chi connectivity index (χ0n) is 22.6. The molecular weight excluding hydrogens is 563 g/mol. The Labute approximate surface area is 245 Å². The van der Waals surface area contributed by atoms with E-state index in [0.717, 1.165) is 23.3 Å². The Kier molecular flexibility index (Phi) is 7.91. The van der Waals surface area contributed by atoms with Crippen LogP contribution in [0, 0.1) is 6.92 Å². The zero-order chi connectivity index (χ0) is 30.0. The minimum atomic E-state index is -4.45. The number of carbonyl (C=O) groups is 2. The van der Waals surface area contributed by atoms with Crippen molar-refractivity contribution in [3.8, 4) is 22.3 Å². The first kappa shape index (κ1) is 28.7. The van der Waals surface area contributed by atoms with Gasteiger partial charge < -0.3 is 9.88 Å². The molecular formula is C33H25ClF3N3O2. The number of nitrogens with zero attached hydrogens (tertiary/aromatic N) is 2. The molecule has 0 spiro atoms. The molecule has 5 nitrogen and oxygen atoms in total. The third-order valence-electron chi connectivity index (χ3n) is 7.00. The van der Waals surface area contributed by atoms with E-state index in [0.29, 0.717) is 50.9 Å². The summed E-state index contributed by atoms with van der Waals surface area (Å²) in [5.41, 5.74) is 4.24. The van der Waals surface area contributed by atoms with Crippen molar-refractivity contribution >= 4 is 41.1 Å². The normalized spacial score (nSPS) is 11.3. The maximum absolute atomic E-state index is 13.4. The third-order valence-corrected chi connectivity index (χ3v) is 7.25. The fourth-order valence-corrected chi connectivity index (χ4v) is 4.99. The number of hydrogen-bond donors (Lipinski definition) is 1. The molecule has 42 heavy (non-hydrogen) atoms. The van der Waals surface area contributed by atoms with E-state index in [2.05, 4.69) is 5.32 Å². The highest BCUT2D eigenvalue weighted by Crippen LogP contribution is 2.35. The Balaban J connectivity index is 1.40. The van der Waals surface area contributed by atoms with Gasteiger partial charge in [0.05, 0.1) is 16.9 Å². The number of hydrogen-bond acceptors (Lipinski definition) is 2. The van der Waals surface area contributed by atoms with Crippen LogP contribution in [0.5, 0.6) is 0 Å². The number of anilines is 3. The number of rotatable bonds is 7. The van der Waals surface area contributed by atoms with Gasteiger partial charge in [-0.05, 0) is 71.6 Å². The predicted octanol–water partition coefficient (Wildman–Crippen LogP) is 8.89. The molecule has 9 heteroatoms. The fraction of sp³-hybridized carbons (Fsp3) is 0.0909. The van der Waals surface area contributed by atoms with Gasteiger partial charge in [-0.15, -0.1) is 0 Å². The van der Waals surface area contributed by atoms with Crippen LogP contribution in [0.15, 0.2) is 103 Å². The van der Waals surface area contributed by atoms with Gasteiger partial charge in [0.25, 0.3) is 5.91 Å². The summed E-state index contributed by atoms with van der Waals surface area (Å²) < 4.78 is 40.9. The molecule has 0 unspecified atom stereocenters. The summed E-state index contributed by atoms with van der Waals surface area (Å²) in [4.78, 5) is 27.2. The number of alkyl halides is 3. The van der Waals surface area contributed by atoms with Crippen molar-refractivity contribution < 1.29 is 22.8 Å². The average Bonchev–Trinajstić information content (AvgIpc) is 3.26. The van der Waals surface area contributed by atoms with Crippen LogP contribution in [0.1, 0.15) is 21.5 Å². The van der Waals surface area contributed by atoms with E-state index in [1.165, 1.54) is 17.0 Å². The summed E-state index contributed by atoms with van der Waals surface area (Å²) in [5, 5.41) is 3.55. The third kappa shape index (κ3) is 5.80.